The number of hydrogen-bond acceptors (Lipinski definition) is 3. The van der Waals surface area contributed by atoms with Crippen LogP contribution in [0.15, 0.2) is 78.3 Å². The molecule has 1 aromatic heterocycles. The standard InChI is InChI=1S/C21H24N6/c1-16(2)11-24-21(22)25-12-19-5-3-4-6-20(19)18-9-7-17(8-10-18)13-27-15-23-14-26-27/h3-10,14-15H,1,11-13H2,2H3,(H3,22,24,25). The summed E-state index contributed by atoms with van der Waals surface area (Å²) < 4.78 is 1.80. The molecule has 0 saturated heterocycles. The summed E-state index contributed by atoms with van der Waals surface area (Å²) in [6.45, 7) is 7.65. The molecule has 1 heterocycles. The van der Waals surface area contributed by atoms with E-state index >= 15 is 0 Å². The van der Waals surface area contributed by atoms with Crippen molar-refractivity contribution in [2.75, 3.05) is 6.54 Å². The van der Waals surface area contributed by atoms with Crippen LogP contribution < -0.4 is 11.1 Å². The van der Waals surface area contributed by atoms with Crippen molar-refractivity contribution in [3.05, 3.63) is 84.5 Å². The summed E-state index contributed by atoms with van der Waals surface area (Å²) in [7, 11) is 0. The number of nitrogens with zero attached hydrogens (tertiary/aromatic N) is 4. The van der Waals surface area contributed by atoms with Crippen molar-refractivity contribution >= 4 is 5.96 Å². The highest BCUT2D eigenvalue weighted by atomic mass is 15.3. The Morgan fingerprint density at radius 3 is 2.67 bits per heavy atom. The van der Waals surface area contributed by atoms with Gasteiger partial charge in [0.25, 0.3) is 0 Å². The largest absolute Gasteiger partial charge is 0.370 e. The van der Waals surface area contributed by atoms with Crippen molar-refractivity contribution in [2.24, 2.45) is 10.7 Å². The Labute approximate surface area is 159 Å². The molecule has 0 aliphatic carbocycles. The highest BCUT2D eigenvalue weighted by molar-refractivity contribution is 5.78. The number of benzene rings is 2. The van der Waals surface area contributed by atoms with E-state index in [1.54, 1.807) is 17.3 Å². The molecule has 0 amide bonds. The molecule has 0 spiro atoms. The minimum atomic E-state index is 0.427. The zero-order valence-electron chi connectivity index (χ0n) is 15.5. The maximum Gasteiger partial charge on any atom is 0.189 e. The van der Waals surface area contributed by atoms with Crippen molar-refractivity contribution < 1.29 is 0 Å². The molecule has 138 valence electrons. The highest BCUT2D eigenvalue weighted by Crippen LogP contribution is 2.25. The van der Waals surface area contributed by atoms with Gasteiger partial charge >= 0.3 is 0 Å². The molecular formula is C21H24N6. The maximum atomic E-state index is 5.93. The lowest BCUT2D eigenvalue weighted by atomic mass is 9.98. The van der Waals surface area contributed by atoms with Gasteiger partial charge in [-0.1, -0.05) is 60.7 Å². The minimum absolute atomic E-state index is 0.427. The molecule has 0 aliphatic heterocycles. The second-order valence-electron chi connectivity index (χ2n) is 6.46. The average molecular weight is 360 g/mol. The fraction of sp³-hybridized carbons (Fsp3) is 0.190. The van der Waals surface area contributed by atoms with Gasteiger partial charge < -0.3 is 11.1 Å². The van der Waals surface area contributed by atoms with Gasteiger partial charge in [0.2, 0.25) is 0 Å². The second kappa shape index (κ2) is 8.80. The minimum Gasteiger partial charge on any atom is -0.370 e. The van der Waals surface area contributed by atoms with Crippen molar-refractivity contribution in [1.82, 2.24) is 20.1 Å². The van der Waals surface area contributed by atoms with E-state index < -0.39 is 0 Å². The molecule has 0 aliphatic rings. The number of rotatable bonds is 7. The topological polar surface area (TPSA) is 81.1 Å². The third-order valence-corrected chi connectivity index (χ3v) is 4.08. The quantitative estimate of drug-likeness (QED) is 0.386. The Morgan fingerprint density at radius 2 is 1.96 bits per heavy atom. The van der Waals surface area contributed by atoms with E-state index in [9.17, 15) is 0 Å². The Morgan fingerprint density at radius 1 is 1.19 bits per heavy atom. The van der Waals surface area contributed by atoms with Gasteiger partial charge in [0.05, 0.1) is 13.1 Å². The number of nitrogens with two attached hydrogens (primary N) is 1. The van der Waals surface area contributed by atoms with E-state index in [1.807, 2.05) is 19.1 Å². The van der Waals surface area contributed by atoms with E-state index in [-0.39, 0.29) is 0 Å². The van der Waals surface area contributed by atoms with Gasteiger partial charge in [-0.25, -0.2) is 14.7 Å². The molecule has 3 N–H and O–H groups in total. The first-order valence-electron chi connectivity index (χ1n) is 8.79. The van der Waals surface area contributed by atoms with Crippen molar-refractivity contribution in [1.29, 1.82) is 0 Å². The third kappa shape index (κ3) is 5.28. The van der Waals surface area contributed by atoms with Gasteiger partial charge in [-0.05, 0) is 29.2 Å². The summed E-state index contributed by atoms with van der Waals surface area (Å²) >= 11 is 0. The summed E-state index contributed by atoms with van der Waals surface area (Å²) in [4.78, 5) is 8.42. The summed E-state index contributed by atoms with van der Waals surface area (Å²) in [6, 6.07) is 16.7. The van der Waals surface area contributed by atoms with Crippen LogP contribution in [-0.2, 0) is 13.1 Å². The Bertz CT molecular complexity index is 910. The summed E-state index contributed by atoms with van der Waals surface area (Å²) in [6.07, 6.45) is 3.26. The molecule has 3 rings (SSSR count). The van der Waals surface area contributed by atoms with Gasteiger partial charge in [0.15, 0.2) is 5.96 Å². The molecule has 27 heavy (non-hydrogen) atoms. The van der Waals surface area contributed by atoms with Crippen LogP contribution in [-0.4, -0.2) is 27.3 Å². The zero-order valence-corrected chi connectivity index (χ0v) is 15.5. The van der Waals surface area contributed by atoms with Gasteiger partial charge in [0, 0.05) is 6.54 Å². The molecule has 0 unspecified atom stereocenters. The van der Waals surface area contributed by atoms with Gasteiger partial charge in [-0.3, -0.25) is 0 Å². The van der Waals surface area contributed by atoms with Crippen molar-refractivity contribution in [2.45, 2.75) is 20.0 Å². The monoisotopic (exact) mass is 360 g/mol. The van der Waals surface area contributed by atoms with Crippen LogP contribution in [0.5, 0.6) is 0 Å². The normalized spacial score (nSPS) is 11.4. The predicted octanol–water partition coefficient (Wildman–Crippen LogP) is 2.97. The molecular weight excluding hydrogens is 336 g/mol. The van der Waals surface area contributed by atoms with Crippen LogP contribution in [0.1, 0.15) is 18.1 Å². The fourth-order valence-corrected chi connectivity index (χ4v) is 2.70. The van der Waals surface area contributed by atoms with Crippen LogP contribution >= 0.6 is 0 Å². The smallest absolute Gasteiger partial charge is 0.189 e. The van der Waals surface area contributed by atoms with Gasteiger partial charge in [-0.15, -0.1) is 0 Å². The number of nitrogens with one attached hydrogen (secondary N) is 1. The zero-order chi connectivity index (χ0) is 19.1. The summed E-state index contributed by atoms with van der Waals surface area (Å²) in [5.74, 6) is 0.427. The summed E-state index contributed by atoms with van der Waals surface area (Å²) in [5.41, 5.74) is 11.5. The molecule has 3 aromatic rings. The van der Waals surface area contributed by atoms with Crippen LogP contribution in [0.2, 0.25) is 0 Å². The molecule has 0 saturated carbocycles. The van der Waals surface area contributed by atoms with E-state index in [4.69, 9.17) is 5.73 Å². The Hall–Kier alpha value is -3.41. The lowest BCUT2D eigenvalue weighted by Crippen LogP contribution is -2.32. The van der Waals surface area contributed by atoms with E-state index in [0.29, 0.717) is 25.6 Å². The second-order valence-corrected chi connectivity index (χ2v) is 6.46. The number of aromatic nitrogens is 3. The molecule has 6 heteroatoms. The number of aliphatic imine (C=N–C) groups is 1. The van der Waals surface area contributed by atoms with E-state index in [0.717, 1.165) is 22.3 Å². The van der Waals surface area contributed by atoms with Crippen LogP contribution in [0, 0.1) is 0 Å². The van der Waals surface area contributed by atoms with E-state index in [2.05, 4.69) is 63.4 Å². The molecule has 0 atom stereocenters. The van der Waals surface area contributed by atoms with E-state index in [1.165, 1.54) is 5.56 Å². The predicted molar refractivity (Wildman–Crippen MR) is 109 cm³/mol. The first kappa shape index (κ1) is 18.4. The van der Waals surface area contributed by atoms with Crippen molar-refractivity contribution in [3.8, 4) is 11.1 Å². The van der Waals surface area contributed by atoms with Crippen molar-refractivity contribution in [3.63, 3.8) is 0 Å². The molecule has 0 radical (unpaired) electrons. The van der Waals surface area contributed by atoms with Crippen LogP contribution in [0.25, 0.3) is 11.1 Å². The molecule has 0 fully saturated rings. The van der Waals surface area contributed by atoms with Crippen LogP contribution in [0.4, 0.5) is 0 Å². The fourth-order valence-electron chi connectivity index (χ4n) is 2.70. The lowest BCUT2D eigenvalue weighted by molar-refractivity contribution is 0.685. The summed E-state index contributed by atoms with van der Waals surface area (Å²) in [5, 5.41) is 7.20. The lowest BCUT2D eigenvalue weighted by Gasteiger charge is -2.10. The Kier molecular flexibility index (Phi) is 5.99. The molecule has 2 aromatic carbocycles. The maximum absolute atomic E-state index is 5.93. The van der Waals surface area contributed by atoms with Gasteiger partial charge in [-0.2, -0.15) is 5.10 Å². The Balaban J connectivity index is 1.73. The number of hydrogen-bond donors (Lipinski definition) is 2. The molecule has 6 nitrogen and oxygen atoms in total. The third-order valence-electron chi connectivity index (χ3n) is 4.08. The highest BCUT2D eigenvalue weighted by Gasteiger charge is 2.05. The van der Waals surface area contributed by atoms with Gasteiger partial charge in [0.1, 0.15) is 12.7 Å². The first-order valence-corrected chi connectivity index (χ1v) is 8.79. The molecule has 0 bridgehead atoms. The number of guanidine groups is 1. The SMILES string of the molecule is C=C(C)CNC(N)=NCc1ccccc1-c1ccc(Cn2cncn2)cc1. The van der Waals surface area contributed by atoms with Crippen LogP contribution in [0.3, 0.4) is 0 Å². The first-order chi connectivity index (χ1) is 13.1. The average Bonchev–Trinajstić information content (AvgIpc) is 3.18.